The molecule has 8 nitrogen and oxygen atoms in total. The van der Waals surface area contributed by atoms with Crippen LogP contribution in [0.3, 0.4) is 0 Å². The summed E-state index contributed by atoms with van der Waals surface area (Å²) in [5.41, 5.74) is 3.01. The molecule has 0 fully saturated rings. The normalized spacial score (nSPS) is 16.1. The lowest BCUT2D eigenvalue weighted by molar-refractivity contribution is -0.117. The van der Waals surface area contributed by atoms with Crippen molar-refractivity contribution in [3.8, 4) is 11.1 Å². The summed E-state index contributed by atoms with van der Waals surface area (Å²) in [5.74, 6) is -0.00318. The molecular formula is C23H23N3O5S. The molecule has 166 valence electrons. The maximum Gasteiger partial charge on any atom is 0.280 e. The minimum Gasteiger partial charge on any atom is -0.448 e. The van der Waals surface area contributed by atoms with Crippen LogP contribution in [0, 0.1) is 6.92 Å². The number of aromatic nitrogens is 1. The van der Waals surface area contributed by atoms with Crippen molar-refractivity contribution < 1.29 is 22.4 Å². The van der Waals surface area contributed by atoms with Crippen LogP contribution in [-0.2, 0) is 14.6 Å². The fourth-order valence-corrected chi connectivity index (χ4v) is 4.64. The fraction of sp³-hybridized carbons (Fsp3) is 0.261. The van der Waals surface area contributed by atoms with Crippen molar-refractivity contribution in [3.63, 3.8) is 0 Å². The van der Waals surface area contributed by atoms with Gasteiger partial charge in [-0.15, -0.1) is 0 Å². The summed E-state index contributed by atoms with van der Waals surface area (Å²) in [6.45, 7) is 5.36. The van der Waals surface area contributed by atoms with E-state index in [1.807, 2.05) is 25.1 Å². The van der Waals surface area contributed by atoms with Crippen LogP contribution in [-0.4, -0.2) is 44.1 Å². The highest BCUT2D eigenvalue weighted by Crippen LogP contribution is 2.39. The SMILES string of the molecule is CC(=O)N1c2ccc(-c3ccc(S(C)(=O)=O)cc3)cc2N(C(=O)c2ncoc2C)CC1C. The lowest BCUT2D eigenvalue weighted by Crippen LogP contribution is -2.51. The average molecular weight is 454 g/mol. The number of sulfone groups is 1. The zero-order valence-corrected chi connectivity index (χ0v) is 19.0. The Hall–Kier alpha value is -3.46. The second-order valence-corrected chi connectivity index (χ2v) is 9.93. The first kappa shape index (κ1) is 21.8. The van der Waals surface area contributed by atoms with Gasteiger partial charge in [0.15, 0.2) is 21.9 Å². The van der Waals surface area contributed by atoms with Crippen molar-refractivity contribution in [2.75, 3.05) is 22.6 Å². The van der Waals surface area contributed by atoms with E-state index >= 15 is 0 Å². The van der Waals surface area contributed by atoms with Gasteiger partial charge in [-0.25, -0.2) is 13.4 Å². The molecule has 0 N–H and O–H groups in total. The lowest BCUT2D eigenvalue weighted by Gasteiger charge is -2.40. The molecule has 0 aliphatic carbocycles. The first-order chi connectivity index (χ1) is 15.1. The van der Waals surface area contributed by atoms with E-state index in [0.29, 0.717) is 23.7 Å². The number of carbonyl (C=O) groups excluding carboxylic acids is 2. The molecule has 9 heteroatoms. The van der Waals surface area contributed by atoms with Gasteiger partial charge in [0.05, 0.1) is 22.3 Å². The Kier molecular flexibility index (Phi) is 5.37. The second-order valence-electron chi connectivity index (χ2n) is 7.91. The Bertz CT molecular complexity index is 1310. The molecule has 2 heterocycles. The quantitative estimate of drug-likeness (QED) is 0.602. The van der Waals surface area contributed by atoms with Crippen LogP contribution in [0.4, 0.5) is 11.4 Å². The molecule has 1 aliphatic rings. The summed E-state index contributed by atoms with van der Waals surface area (Å²) in [6.07, 6.45) is 2.40. The average Bonchev–Trinajstić information content (AvgIpc) is 3.17. The minimum atomic E-state index is -3.30. The van der Waals surface area contributed by atoms with Crippen molar-refractivity contribution in [1.82, 2.24) is 4.98 Å². The topological polar surface area (TPSA) is 101 Å². The number of aryl methyl sites for hydroxylation is 1. The van der Waals surface area contributed by atoms with Crippen molar-refractivity contribution in [1.29, 1.82) is 0 Å². The number of rotatable bonds is 3. The van der Waals surface area contributed by atoms with Gasteiger partial charge < -0.3 is 14.2 Å². The minimum absolute atomic E-state index is 0.117. The summed E-state index contributed by atoms with van der Waals surface area (Å²) in [7, 11) is -3.30. The molecule has 0 spiro atoms. The number of carbonyl (C=O) groups is 2. The summed E-state index contributed by atoms with van der Waals surface area (Å²) < 4.78 is 28.7. The van der Waals surface area contributed by atoms with Crippen molar-refractivity contribution >= 4 is 33.0 Å². The van der Waals surface area contributed by atoms with E-state index < -0.39 is 9.84 Å². The summed E-state index contributed by atoms with van der Waals surface area (Å²) in [6, 6.07) is 11.8. The van der Waals surface area contributed by atoms with E-state index in [0.717, 1.165) is 17.4 Å². The molecule has 4 rings (SSSR count). The summed E-state index contributed by atoms with van der Waals surface area (Å²) in [4.78, 5) is 33.2. The van der Waals surface area contributed by atoms with Gasteiger partial charge >= 0.3 is 0 Å². The number of oxazole rings is 1. The summed E-state index contributed by atoms with van der Waals surface area (Å²) >= 11 is 0. The van der Waals surface area contributed by atoms with Gasteiger partial charge in [-0.2, -0.15) is 0 Å². The molecule has 2 aromatic carbocycles. The smallest absolute Gasteiger partial charge is 0.280 e. The van der Waals surface area contributed by atoms with Crippen LogP contribution in [0.25, 0.3) is 11.1 Å². The lowest BCUT2D eigenvalue weighted by atomic mass is 10.00. The number of anilines is 2. The number of hydrogen-bond donors (Lipinski definition) is 0. The fourth-order valence-electron chi connectivity index (χ4n) is 4.01. The summed E-state index contributed by atoms with van der Waals surface area (Å²) in [5, 5.41) is 0. The number of benzene rings is 2. The molecule has 1 aromatic heterocycles. The van der Waals surface area contributed by atoms with Gasteiger partial charge in [0.1, 0.15) is 5.76 Å². The molecule has 1 aliphatic heterocycles. The molecule has 0 bridgehead atoms. The van der Waals surface area contributed by atoms with E-state index in [1.165, 1.54) is 13.3 Å². The monoisotopic (exact) mass is 453 g/mol. The Morgan fingerprint density at radius 3 is 2.28 bits per heavy atom. The van der Waals surface area contributed by atoms with Gasteiger partial charge in [0.2, 0.25) is 5.91 Å². The zero-order valence-electron chi connectivity index (χ0n) is 18.2. The number of amides is 2. The van der Waals surface area contributed by atoms with Gasteiger partial charge in [-0.05, 0) is 49.2 Å². The van der Waals surface area contributed by atoms with E-state index in [4.69, 9.17) is 4.42 Å². The zero-order chi connectivity index (χ0) is 23.2. The van der Waals surface area contributed by atoms with E-state index in [1.54, 1.807) is 41.0 Å². The standard InChI is InChI=1S/C23H23N3O5S/c1-14-12-25(23(28)22-15(2)31-13-24-22)21-11-18(7-10-20(21)26(14)16(3)27)17-5-8-19(9-6-17)32(4,29)30/h5-11,13-14H,12H2,1-4H3. The molecule has 3 aromatic rings. The van der Waals surface area contributed by atoms with Crippen LogP contribution in [0.2, 0.25) is 0 Å². The predicted molar refractivity (Wildman–Crippen MR) is 121 cm³/mol. The van der Waals surface area contributed by atoms with E-state index in [-0.39, 0.29) is 28.4 Å². The van der Waals surface area contributed by atoms with Crippen LogP contribution in [0.1, 0.15) is 30.1 Å². The molecule has 2 amide bonds. The Morgan fingerprint density at radius 1 is 1.06 bits per heavy atom. The van der Waals surface area contributed by atoms with Crippen molar-refractivity contribution in [2.45, 2.75) is 31.7 Å². The van der Waals surface area contributed by atoms with Crippen LogP contribution in [0.15, 0.2) is 58.2 Å². The third-order valence-corrected chi connectivity index (χ3v) is 6.69. The maximum atomic E-state index is 13.3. The van der Waals surface area contributed by atoms with Gasteiger partial charge in [-0.1, -0.05) is 18.2 Å². The molecule has 1 atom stereocenters. The Balaban J connectivity index is 1.82. The molecule has 32 heavy (non-hydrogen) atoms. The van der Waals surface area contributed by atoms with E-state index in [2.05, 4.69) is 4.98 Å². The second kappa shape index (κ2) is 7.90. The van der Waals surface area contributed by atoms with Crippen LogP contribution >= 0.6 is 0 Å². The largest absolute Gasteiger partial charge is 0.448 e. The third-order valence-electron chi connectivity index (χ3n) is 5.56. The Morgan fingerprint density at radius 2 is 1.72 bits per heavy atom. The highest BCUT2D eigenvalue weighted by Gasteiger charge is 2.35. The Labute approximate surface area is 186 Å². The number of hydrogen-bond acceptors (Lipinski definition) is 6. The highest BCUT2D eigenvalue weighted by molar-refractivity contribution is 7.90. The van der Waals surface area contributed by atoms with Gasteiger partial charge in [-0.3, -0.25) is 9.59 Å². The van der Waals surface area contributed by atoms with Crippen molar-refractivity contribution in [3.05, 3.63) is 60.3 Å². The van der Waals surface area contributed by atoms with Crippen LogP contribution < -0.4 is 9.80 Å². The first-order valence-electron chi connectivity index (χ1n) is 10.0. The first-order valence-corrected chi connectivity index (χ1v) is 11.9. The molecule has 0 saturated heterocycles. The molecule has 0 saturated carbocycles. The highest BCUT2D eigenvalue weighted by atomic mass is 32.2. The van der Waals surface area contributed by atoms with E-state index in [9.17, 15) is 18.0 Å². The maximum absolute atomic E-state index is 13.3. The molecular weight excluding hydrogens is 430 g/mol. The van der Waals surface area contributed by atoms with Gasteiger partial charge in [0, 0.05) is 19.7 Å². The third kappa shape index (κ3) is 3.80. The predicted octanol–water partition coefficient (Wildman–Crippen LogP) is 3.46. The van der Waals surface area contributed by atoms with Gasteiger partial charge in [0.25, 0.3) is 5.91 Å². The molecule has 1 unspecified atom stereocenters. The molecule has 0 radical (unpaired) electrons. The van der Waals surface area contributed by atoms with Crippen LogP contribution in [0.5, 0.6) is 0 Å². The number of fused-ring (bicyclic) bond motifs is 1. The van der Waals surface area contributed by atoms with Crippen molar-refractivity contribution in [2.24, 2.45) is 0 Å². The number of nitrogens with zero attached hydrogens (tertiary/aromatic N) is 3.